The van der Waals surface area contributed by atoms with Crippen molar-refractivity contribution in [1.82, 2.24) is 10.3 Å². The van der Waals surface area contributed by atoms with E-state index in [2.05, 4.69) is 15.6 Å². The summed E-state index contributed by atoms with van der Waals surface area (Å²) in [5.74, 6) is 0.512. The van der Waals surface area contributed by atoms with Gasteiger partial charge in [0.15, 0.2) is 5.11 Å². The van der Waals surface area contributed by atoms with Gasteiger partial charge in [0, 0.05) is 24.6 Å². The summed E-state index contributed by atoms with van der Waals surface area (Å²) in [7, 11) is 0. The standard InChI is InChI=1S/C20H18FN3OS/c21-17-5-1-16(2-6-17)14-25-19-7-3-15(4-8-19)13-23-20(26)24-18-9-11-22-12-10-18/h1-12H,13-14H2,(H2,22,23,24,26). The Morgan fingerprint density at radius 3 is 2.27 bits per heavy atom. The lowest BCUT2D eigenvalue weighted by Gasteiger charge is -2.11. The van der Waals surface area contributed by atoms with Crippen molar-refractivity contribution in [3.63, 3.8) is 0 Å². The number of anilines is 1. The van der Waals surface area contributed by atoms with E-state index < -0.39 is 0 Å². The van der Waals surface area contributed by atoms with Crippen LogP contribution in [0.5, 0.6) is 5.75 Å². The molecule has 0 fully saturated rings. The number of halogens is 1. The van der Waals surface area contributed by atoms with Gasteiger partial charge in [-0.1, -0.05) is 24.3 Å². The van der Waals surface area contributed by atoms with E-state index in [0.717, 1.165) is 22.6 Å². The highest BCUT2D eigenvalue weighted by atomic mass is 32.1. The lowest BCUT2D eigenvalue weighted by Crippen LogP contribution is -2.27. The van der Waals surface area contributed by atoms with Crippen LogP contribution in [0.25, 0.3) is 0 Å². The van der Waals surface area contributed by atoms with E-state index in [1.54, 1.807) is 24.5 Å². The number of thiocarbonyl (C=S) groups is 1. The van der Waals surface area contributed by atoms with Crippen LogP contribution in [0.4, 0.5) is 10.1 Å². The number of benzene rings is 2. The smallest absolute Gasteiger partial charge is 0.171 e. The molecule has 0 saturated heterocycles. The molecule has 1 aromatic heterocycles. The lowest BCUT2D eigenvalue weighted by atomic mass is 10.2. The average molecular weight is 367 g/mol. The number of aromatic nitrogens is 1. The van der Waals surface area contributed by atoms with Crippen molar-refractivity contribution in [2.24, 2.45) is 0 Å². The van der Waals surface area contributed by atoms with Gasteiger partial charge in [0.2, 0.25) is 0 Å². The quantitative estimate of drug-likeness (QED) is 0.637. The van der Waals surface area contributed by atoms with Crippen LogP contribution in [0.15, 0.2) is 73.1 Å². The molecule has 2 N–H and O–H groups in total. The van der Waals surface area contributed by atoms with Crippen molar-refractivity contribution < 1.29 is 9.13 Å². The van der Waals surface area contributed by atoms with E-state index in [0.29, 0.717) is 18.3 Å². The number of nitrogens with zero attached hydrogens (tertiary/aromatic N) is 1. The highest BCUT2D eigenvalue weighted by Crippen LogP contribution is 2.14. The minimum atomic E-state index is -0.248. The molecule has 0 aliphatic heterocycles. The van der Waals surface area contributed by atoms with Crippen LogP contribution < -0.4 is 15.4 Å². The Morgan fingerprint density at radius 2 is 1.58 bits per heavy atom. The normalized spacial score (nSPS) is 10.2. The van der Waals surface area contributed by atoms with Gasteiger partial charge in [-0.15, -0.1) is 0 Å². The molecule has 4 nitrogen and oxygen atoms in total. The molecule has 6 heteroatoms. The molecule has 26 heavy (non-hydrogen) atoms. The SMILES string of the molecule is Fc1ccc(COc2ccc(CNC(=S)Nc3ccncc3)cc2)cc1. The fourth-order valence-electron chi connectivity index (χ4n) is 2.24. The molecule has 0 atom stereocenters. The second kappa shape index (κ2) is 8.92. The maximum absolute atomic E-state index is 12.9. The monoisotopic (exact) mass is 367 g/mol. The summed E-state index contributed by atoms with van der Waals surface area (Å²) in [6, 6.07) is 17.7. The van der Waals surface area contributed by atoms with Crippen LogP contribution >= 0.6 is 12.2 Å². The van der Waals surface area contributed by atoms with E-state index in [9.17, 15) is 4.39 Å². The Hall–Kier alpha value is -2.99. The zero-order valence-corrected chi connectivity index (χ0v) is 14.8. The molecule has 3 aromatic rings. The lowest BCUT2D eigenvalue weighted by molar-refractivity contribution is 0.306. The molecule has 0 amide bonds. The fourth-order valence-corrected chi connectivity index (χ4v) is 2.43. The number of hydrogen-bond donors (Lipinski definition) is 2. The van der Waals surface area contributed by atoms with E-state index >= 15 is 0 Å². The maximum Gasteiger partial charge on any atom is 0.171 e. The fraction of sp³-hybridized carbons (Fsp3) is 0.100. The molecular formula is C20H18FN3OS. The Bertz CT molecular complexity index is 839. The number of pyridine rings is 1. The highest BCUT2D eigenvalue weighted by Gasteiger charge is 2.00. The Balaban J connectivity index is 1.45. The Morgan fingerprint density at radius 1 is 0.923 bits per heavy atom. The van der Waals surface area contributed by atoms with E-state index in [-0.39, 0.29) is 5.82 Å². The second-order valence-electron chi connectivity index (χ2n) is 5.60. The number of rotatable bonds is 6. The minimum Gasteiger partial charge on any atom is -0.489 e. The van der Waals surface area contributed by atoms with Crippen LogP contribution in [0.2, 0.25) is 0 Å². The van der Waals surface area contributed by atoms with Crippen molar-refractivity contribution in [3.05, 3.63) is 90.0 Å². The molecule has 0 spiro atoms. The van der Waals surface area contributed by atoms with Gasteiger partial charge in [0.1, 0.15) is 18.2 Å². The summed E-state index contributed by atoms with van der Waals surface area (Å²) in [6.07, 6.45) is 3.41. The summed E-state index contributed by atoms with van der Waals surface area (Å²) in [4.78, 5) is 3.96. The molecular weight excluding hydrogens is 349 g/mol. The first-order valence-corrected chi connectivity index (χ1v) is 8.51. The Labute approximate surface area is 157 Å². The number of nitrogens with one attached hydrogen (secondary N) is 2. The third-order valence-corrected chi connectivity index (χ3v) is 3.88. The van der Waals surface area contributed by atoms with Gasteiger partial charge in [-0.3, -0.25) is 4.98 Å². The first-order valence-electron chi connectivity index (χ1n) is 8.10. The minimum absolute atomic E-state index is 0.248. The van der Waals surface area contributed by atoms with Gasteiger partial charge in [-0.05, 0) is 59.7 Å². The zero-order valence-electron chi connectivity index (χ0n) is 14.0. The van der Waals surface area contributed by atoms with Gasteiger partial charge in [0.25, 0.3) is 0 Å². The molecule has 0 saturated carbocycles. The van der Waals surface area contributed by atoms with Crippen molar-refractivity contribution >= 4 is 23.0 Å². The largest absolute Gasteiger partial charge is 0.489 e. The van der Waals surface area contributed by atoms with Crippen LogP contribution in [0, 0.1) is 5.82 Å². The average Bonchev–Trinajstić information content (AvgIpc) is 2.67. The van der Waals surface area contributed by atoms with Gasteiger partial charge in [-0.25, -0.2) is 4.39 Å². The van der Waals surface area contributed by atoms with E-state index in [1.807, 2.05) is 36.4 Å². The van der Waals surface area contributed by atoms with Crippen molar-refractivity contribution in [3.8, 4) is 5.75 Å². The third kappa shape index (κ3) is 5.53. The molecule has 0 bridgehead atoms. The van der Waals surface area contributed by atoms with Crippen molar-refractivity contribution in [1.29, 1.82) is 0 Å². The van der Waals surface area contributed by atoms with Gasteiger partial charge >= 0.3 is 0 Å². The summed E-state index contributed by atoms with van der Waals surface area (Å²) in [5.41, 5.74) is 2.89. The first-order chi connectivity index (χ1) is 12.7. The molecule has 0 radical (unpaired) electrons. The summed E-state index contributed by atoms with van der Waals surface area (Å²) in [6.45, 7) is 1.01. The van der Waals surface area contributed by atoms with Crippen LogP contribution in [-0.4, -0.2) is 10.1 Å². The van der Waals surface area contributed by atoms with Crippen LogP contribution in [0.3, 0.4) is 0 Å². The van der Waals surface area contributed by atoms with E-state index in [4.69, 9.17) is 17.0 Å². The topological polar surface area (TPSA) is 46.2 Å². The van der Waals surface area contributed by atoms with Crippen LogP contribution in [0.1, 0.15) is 11.1 Å². The van der Waals surface area contributed by atoms with Crippen molar-refractivity contribution in [2.75, 3.05) is 5.32 Å². The number of hydrogen-bond acceptors (Lipinski definition) is 3. The third-order valence-electron chi connectivity index (χ3n) is 3.63. The van der Waals surface area contributed by atoms with Crippen LogP contribution in [-0.2, 0) is 13.2 Å². The molecule has 2 aromatic carbocycles. The summed E-state index contributed by atoms with van der Waals surface area (Å²) in [5, 5.41) is 6.80. The van der Waals surface area contributed by atoms with Gasteiger partial charge in [-0.2, -0.15) is 0 Å². The predicted molar refractivity (Wildman–Crippen MR) is 104 cm³/mol. The van der Waals surface area contributed by atoms with E-state index in [1.165, 1.54) is 12.1 Å². The van der Waals surface area contributed by atoms with Crippen molar-refractivity contribution in [2.45, 2.75) is 13.2 Å². The predicted octanol–water partition coefficient (Wildman–Crippen LogP) is 4.29. The van der Waals surface area contributed by atoms with Gasteiger partial charge < -0.3 is 15.4 Å². The Kier molecular flexibility index (Phi) is 6.11. The number of ether oxygens (including phenoxy) is 1. The molecule has 0 aliphatic carbocycles. The first kappa shape index (κ1) is 17.8. The molecule has 0 unspecified atom stereocenters. The maximum atomic E-state index is 12.9. The molecule has 132 valence electrons. The molecule has 3 rings (SSSR count). The molecule has 0 aliphatic rings. The highest BCUT2D eigenvalue weighted by molar-refractivity contribution is 7.80. The summed E-state index contributed by atoms with van der Waals surface area (Å²) >= 11 is 5.27. The zero-order chi connectivity index (χ0) is 18.2. The molecule has 1 heterocycles. The summed E-state index contributed by atoms with van der Waals surface area (Å²) < 4.78 is 18.6. The second-order valence-corrected chi connectivity index (χ2v) is 6.01. The van der Waals surface area contributed by atoms with Gasteiger partial charge in [0.05, 0.1) is 0 Å².